The first-order valence-electron chi connectivity index (χ1n) is 5.54. The van der Waals surface area contributed by atoms with Gasteiger partial charge in [-0.2, -0.15) is 0 Å². The highest BCUT2D eigenvalue weighted by atomic mass is 16.6. The Morgan fingerprint density at radius 2 is 2.12 bits per heavy atom. The molecule has 2 aliphatic rings. The van der Waals surface area contributed by atoms with Crippen molar-refractivity contribution in [3.8, 4) is 5.75 Å². The van der Waals surface area contributed by atoms with Crippen LogP contribution < -0.4 is 4.74 Å². The molecule has 1 fully saturated rings. The molecule has 0 saturated carbocycles. The Morgan fingerprint density at radius 3 is 2.76 bits per heavy atom. The van der Waals surface area contributed by atoms with Crippen LogP contribution in [0.15, 0.2) is 12.1 Å². The van der Waals surface area contributed by atoms with Crippen molar-refractivity contribution in [3.63, 3.8) is 0 Å². The number of nitrogens with zero attached hydrogens (tertiary/aromatic N) is 1. The van der Waals surface area contributed by atoms with Crippen molar-refractivity contribution < 1.29 is 14.4 Å². The summed E-state index contributed by atoms with van der Waals surface area (Å²) in [5.41, 5.74) is 1.18. The maximum Gasteiger partial charge on any atom is 0.276 e. The summed E-state index contributed by atoms with van der Waals surface area (Å²) in [6, 6.07) is 3.26. The van der Waals surface area contributed by atoms with E-state index in [1.165, 1.54) is 6.07 Å². The fraction of sp³-hybridized carbons (Fsp3) is 0.500. The van der Waals surface area contributed by atoms with Crippen molar-refractivity contribution in [2.24, 2.45) is 0 Å². The Morgan fingerprint density at radius 1 is 1.41 bits per heavy atom. The normalized spacial score (nSPS) is 27.7. The number of ether oxygens (including phenoxy) is 2. The van der Waals surface area contributed by atoms with Gasteiger partial charge in [0.15, 0.2) is 0 Å². The first-order chi connectivity index (χ1) is 7.92. The topological polar surface area (TPSA) is 64.9 Å². The molecule has 0 radical (unpaired) electrons. The molecule has 0 N–H and O–H groups in total. The van der Waals surface area contributed by atoms with Gasteiger partial charge in [-0.05, 0) is 26.8 Å². The number of hydrogen-bond acceptors (Lipinski definition) is 4. The summed E-state index contributed by atoms with van der Waals surface area (Å²) in [6.45, 7) is 5.60. The summed E-state index contributed by atoms with van der Waals surface area (Å²) >= 11 is 0. The van der Waals surface area contributed by atoms with Crippen LogP contribution in [0.3, 0.4) is 0 Å². The third-order valence-electron chi connectivity index (χ3n) is 3.45. The van der Waals surface area contributed by atoms with Crippen LogP contribution in [0, 0.1) is 17.0 Å². The lowest BCUT2D eigenvalue weighted by Gasteiger charge is -2.30. The van der Waals surface area contributed by atoms with Crippen LogP contribution in [0.1, 0.15) is 31.1 Å². The molecule has 2 aliphatic heterocycles. The molecule has 5 nitrogen and oxygen atoms in total. The maximum atomic E-state index is 10.9. The standard InChI is InChI=1S/C12H13NO4/c1-6-8(13(14)15)5-4-7-9(6)17-12(2,3)11-10(7)16-11/h4-5,10-11H,1-3H3/t10-,11?/m1/s1. The highest BCUT2D eigenvalue weighted by molar-refractivity contribution is 5.56. The minimum Gasteiger partial charge on any atom is -0.484 e. The summed E-state index contributed by atoms with van der Waals surface area (Å²) in [5.74, 6) is 0.614. The first kappa shape index (κ1) is 10.5. The summed E-state index contributed by atoms with van der Waals surface area (Å²) in [5, 5.41) is 10.9. The molecule has 0 spiro atoms. The van der Waals surface area contributed by atoms with E-state index in [1.807, 2.05) is 13.8 Å². The van der Waals surface area contributed by atoms with Crippen LogP contribution in [0.25, 0.3) is 0 Å². The van der Waals surface area contributed by atoms with Gasteiger partial charge in [-0.15, -0.1) is 0 Å². The van der Waals surface area contributed by atoms with Gasteiger partial charge in [0.25, 0.3) is 5.69 Å². The lowest BCUT2D eigenvalue weighted by molar-refractivity contribution is -0.385. The van der Waals surface area contributed by atoms with Gasteiger partial charge in [-0.3, -0.25) is 10.1 Å². The number of nitro groups is 1. The lowest BCUT2D eigenvalue weighted by atomic mass is 9.92. The molecule has 1 aromatic rings. The lowest BCUT2D eigenvalue weighted by Crippen LogP contribution is -2.38. The molecule has 2 atom stereocenters. The van der Waals surface area contributed by atoms with E-state index in [0.717, 1.165) is 5.56 Å². The molecular weight excluding hydrogens is 222 g/mol. The molecular formula is C12H13NO4. The third-order valence-corrected chi connectivity index (χ3v) is 3.45. The molecule has 17 heavy (non-hydrogen) atoms. The minimum absolute atomic E-state index is 0.0354. The smallest absolute Gasteiger partial charge is 0.276 e. The zero-order valence-electron chi connectivity index (χ0n) is 9.89. The number of fused-ring (bicyclic) bond motifs is 3. The second-order valence-electron chi connectivity index (χ2n) is 5.07. The Balaban J connectivity index is 2.16. The number of hydrogen-bond donors (Lipinski definition) is 0. The molecule has 0 aliphatic carbocycles. The highest BCUT2D eigenvalue weighted by Crippen LogP contribution is 2.55. The van der Waals surface area contributed by atoms with Gasteiger partial charge in [0, 0.05) is 11.6 Å². The summed E-state index contributed by atoms with van der Waals surface area (Å²) < 4.78 is 11.4. The van der Waals surface area contributed by atoms with Gasteiger partial charge < -0.3 is 9.47 Å². The SMILES string of the molecule is Cc1c([N+](=O)[O-])ccc2c1OC(C)(C)C1O[C@H]21. The second kappa shape index (κ2) is 2.98. The average molecular weight is 235 g/mol. The molecule has 1 saturated heterocycles. The number of benzene rings is 1. The van der Waals surface area contributed by atoms with Crippen LogP contribution in [0.4, 0.5) is 5.69 Å². The summed E-state index contributed by atoms with van der Waals surface area (Å²) in [4.78, 5) is 10.5. The molecule has 2 heterocycles. The minimum atomic E-state index is -0.419. The Labute approximate surface area is 98.5 Å². The Kier molecular flexibility index (Phi) is 1.85. The zero-order chi connectivity index (χ0) is 12.4. The molecule has 90 valence electrons. The Hall–Kier alpha value is -1.62. The predicted octanol–water partition coefficient (Wildman–Crippen LogP) is 2.51. The molecule has 0 bridgehead atoms. The third kappa shape index (κ3) is 1.35. The van der Waals surface area contributed by atoms with E-state index in [9.17, 15) is 10.1 Å². The molecule has 0 amide bonds. The number of rotatable bonds is 1. The van der Waals surface area contributed by atoms with Gasteiger partial charge in [0.2, 0.25) is 0 Å². The van der Waals surface area contributed by atoms with Crippen LogP contribution in [0.5, 0.6) is 5.75 Å². The van der Waals surface area contributed by atoms with Crippen molar-refractivity contribution in [2.45, 2.75) is 38.6 Å². The zero-order valence-corrected chi connectivity index (χ0v) is 9.89. The van der Waals surface area contributed by atoms with Crippen LogP contribution in [-0.2, 0) is 4.74 Å². The van der Waals surface area contributed by atoms with E-state index in [-0.39, 0.29) is 22.8 Å². The van der Waals surface area contributed by atoms with Crippen LogP contribution in [-0.4, -0.2) is 16.6 Å². The van der Waals surface area contributed by atoms with Crippen molar-refractivity contribution >= 4 is 5.69 Å². The second-order valence-corrected chi connectivity index (χ2v) is 5.07. The van der Waals surface area contributed by atoms with Crippen LogP contribution >= 0.6 is 0 Å². The van der Waals surface area contributed by atoms with Crippen molar-refractivity contribution in [1.82, 2.24) is 0 Å². The Bertz CT molecular complexity index is 523. The molecule has 5 heteroatoms. The fourth-order valence-corrected chi connectivity index (χ4v) is 2.46. The van der Waals surface area contributed by atoms with Gasteiger partial charge in [-0.1, -0.05) is 0 Å². The van der Waals surface area contributed by atoms with Crippen LogP contribution in [0.2, 0.25) is 0 Å². The molecule has 3 rings (SSSR count). The summed E-state index contributed by atoms with van der Waals surface area (Å²) in [6.07, 6.45) is 0.101. The van der Waals surface area contributed by atoms with E-state index < -0.39 is 5.60 Å². The van der Waals surface area contributed by atoms with Crippen molar-refractivity contribution in [1.29, 1.82) is 0 Å². The maximum absolute atomic E-state index is 10.9. The van der Waals surface area contributed by atoms with E-state index in [1.54, 1.807) is 13.0 Å². The monoisotopic (exact) mass is 235 g/mol. The van der Waals surface area contributed by atoms with E-state index in [2.05, 4.69) is 0 Å². The van der Waals surface area contributed by atoms with Gasteiger partial charge in [-0.25, -0.2) is 0 Å². The first-order valence-corrected chi connectivity index (χ1v) is 5.54. The van der Waals surface area contributed by atoms with Gasteiger partial charge in [0.05, 0.1) is 10.5 Å². The van der Waals surface area contributed by atoms with E-state index >= 15 is 0 Å². The largest absolute Gasteiger partial charge is 0.484 e. The number of epoxide rings is 1. The summed E-state index contributed by atoms with van der Waals surface area (Å²) in [7, 11) is 0. The molecule has 1 unspecified atom stereocenters. The van der Waals surface area contributed by atoms with E-state index in [0.29, 0.717) is 11.3 Å². The highest BCUT2D eigenvalue weighted by Gasteiger charge is 2.57. The average Bonchev–Trinajstić information content (AvgIpc) is 2.99. The fourth-order valence-electron chi connectivity index (χ4n) is 2.46. The van der Waals surface area contributed by atoms with Gasteiger partial charge in [0.1, 0.15) is 23.6 Å². The van der Waals surface area contributed by atoms with Crippen molar-refractivity contribution in [3.05, 3.63) is 33.4 Å². The number of nitro benzene ring substituents is 1. The van der Waals surface area contributed by atoms with E-state index in [4.69, 9.17) is 9.47 Å². The van der Waals surface area contributed by atoms with Gasteiger partial charge >= 0.3 is 0 Å². The quantitative estimate of drug-likeness (QED) is 0.426. The predicted molar refractivity (Wildman–Crippen MR) is 60.2 cm³/mol. The molecule has 1 aromatic carbocycles. The van der Waals surface area contributed by atoms with Crippen molar-refractivity contribution in [2.75, 3.05) is 0 Å². The molecule has 0 aromatic heterocycles.